The van der Waals surface area contributed by atoms with Crippen LogP contribution in [0.1, 0.15) is 16.7 Å². The number of rotatable bonds is 4. The van der Waals surface area contributed by atoms with Crippen LogP contribution in [0.5, 0.6) is 0 Å². The Kier molecular flexibility index (Phi) is 5.07. The predicted molar refractivity (Wildman–Crippen MR) is 84.1 cm³/mol. The molecule has 0 spiro atoms. The van der Waals surface area contributed by atoms with Gasteiger partial charge in [0.15, 0.2) is 5.82 Å². The zero-order chi connectivity index (χ0) is 18.1. The molecule has 10 heteroatoms. The Morgan fingerprint density at radius 3 is 2.33 bits per heavy atom. The SMILES string of the molecule is Cc1ccc(S(=O)(=O)NNc2ncc(C(F)(F)F)cc2Cl)cc1C. The van der Waals surface area contributed by atoms with Crippen molar-refractivity contribution in [2.75, 3.05) is 5.43 Å². The standard InChI is InChI=1S/C14H13ClF3N3O2S/c1-8-3-4-11(5-9(8)2)24(22,23)21-20-13-12(15)6-10(7-19-13)14(16,17)18/h3-7,21H,1-2H3,(H,19,20). The molecule has 1 heterocycles. The van der Waals surface area contributed by atoms with Crippen molar-refractivity contribution >= 4 is 27.4 Å². The summed E-state index contributed by atoms with van der Waals surface area (Å²) in [6, 6.07) is 5.18. The molecule has 0 saturated heterocycles. The number of hydrogen-bond acceptors (Lipinski definition) is 4. The molecule has 5 nitrogen and oxygen atoms in total. The van der Waals surface area contributed by atoms with E-state index >= 15 is 0 Å². The van der Waals surface area contributed by atoms with E-state index in [1.165, 1.54) is 12.1 Å². The first kappa shape index (κ1) is 18.5. The summed E-state index contributed by atoms with van der Waals surface area (Å²) in [4.78, 5) is 5.52. The molecule has 24 heavy (non-hydrogen) atoms. The molecule has 0 bridgehead atoms. The third kappa shape index (κ3) is 4.16. The second kappa shape index (κ2) is 6.58. The van der Waals surface area contributed by atoms with Crippen LogP contribution >= 0.6 is 11.6 Å². The maximum Gasteiger partial charge on any atom is 0.417 e. The summed E-state index contributed by atoms with van der Waals surface area (Å²) in [5.74, 6) is -0.239. The van der Waals surface area contributed by atoms with Gasteiger partial charge in [-0.1, -0.05) is 17.7 Å². The van der Waals surface area contributed by atoms with Crippen LogP contribution < -0.4 is 10.3 Å². The van der Waals surface area contributed by atoms with Crippen LogP contribution in [0.3, 0.4) is 0 Å². The summed E-state index contributed by atoms with van der Waals surface area (Å²) < 4.78 is 62.0. The smallest absolute Gasteiger partial charge is 0.291 e. The molecule has 0 aliphatic rings. The Hall–Kier alpha value is -1.84. The van der Waals surface area contributed by atoms with Gasteiger partial charge in [-0.25, -0.2) is 13.4 Å². The van der Waals surface area contributed by atoms with Gasteiger partial charge in [0.2, 0.25) is 0 Å². The zero-order valence-corrected chi connectivity index (χ0v) is 14.1. The molecule has 0 fully saturated rings. The molecule has 2 rings (SSSR count). The van der Waals surface area contributed by atoms with Gasteiger partial charge in [0.25, 0.3) is 10.0 Å². The van der Waals surface area contributed by atoms with E-state index in [0.29, 0.717) is 12.3 Å². The van der Waals surface area contributed by atoms with Crippen molar-refractivity contribution in [2.45, 2.75) is 24.9 Å². The van der Waals surface area contributed by atoms with E-state index in [-0.39, 0.29) is 15.7 Å². The van der Waals surface area contributed by atoms with E-state index < -0.39 is 21.8 Å². The fraction of sp³-hybridized carbons (Fsp3) is 0.214. The number of anilines is 1. The van der Waals surface area contributed by atoms with Gasteiger partial charge in [-0.05, 0) is 43.2 Å². The van der Waals surface area contributed by atoms with Gasteiger partial charge >= 0.3 is 6.18 Å². The molecular weight excluding hydrogens is 367 g/mol. The monoisotopic (exact) mass is 379 g/mol. The van der Waals surface area contributed by atoms with E-state index in [2.05, 4.69) is 10.4 Å². The molecule has 2 N–H and O–H groups in total. The number of hydrazine groups is 1. The lowest BCUT2D eigenvalue weighted by Crippen LogP contribution is -2.30. The van der Waals surface area contributed by atoms with E-state index in [9.17, 15) is 21.6 Å². The van der Waals surface area contributed by atoms with Crippen LogP contribution in [-0.2, 0) is 16.2 Å². The summed E-state index contributed by atoms with van der Waals surface area (Å²) >= 11 is 5.70. The maximum atomic E-state index is 12.5. The lowest BCUT2D eigenvalue weighted by molar-refractivity contribution is -0.137. The minimum Gasteiger partial charge on any atom is -0.291 e. The van der Waals surface area contributed by atoms with Gasteiger partial charge in [0, 0.05) is 6.20 Å². The minimum atomic E-state index is -4.59. The predicted octanol–water partition coefficient (Wildman–Crippen LogP) is 3.68. The maximum absolute atomic E-state index is 12.5. The number of hydrogen-bond donors (Lipinski definition) is 2. The number of alkyl halides is 3. The number of nitrogens with one attached hydrogen (secondary N) is 2. The third-order valence-corrected chi connectivity index (χ3v) is 4.79. The first-order valence-electron chi connectivity index (χ1n) is 6.58. The molecular formula is C14H13ClF3N3O2S. The van der Waals surface area contributed by atoms with E-state index in [0.717, 1.165) is 11.1 Å². The zero-order valence-electron chi connectivity index (χ0n) is 12.6. The molecule has 0 atom stereocenters. The van der Waals surface area contributed by atoms with Gasteiger partial charge in [0.1, 0.15) is 0 Å². The lowest BCUT2D eigenvalue weighted by Gasteiger charge is -2.12. The molecule has 0 aliphatic heterocycles. The molecule has 1 aromatic heterocycles. The van der Waals surface area contributed by atoms with Crippen LogP contribution in [0.2, 0.25) is 5.02 Å². The van der Waals surface area contributed by atoms with Gasteiger partial charge < -0.3 is 0 Å². The summed E-state index contributed by atoms with van der Waals surface area (Å²) in [6.07, 6.45) is -4.04. The Morgan fingerprint density at radius 2 is 1.79 bits per heavy atom. The molecule has 0 aliphatic carbocycles. The van der Waals surface area contributed by atoms with Crippen LogP contribution in [0.25, 0.3) is 0 Å². The Balaban J connectivity index is 2.19. The van der Waals surface area contributed by atoms with Crippen LogP contribution in [0.15, 0.2) is 35.4 Å². The van der Waals surface area contributed by atoms with Crippen molar-refractivity contribution in [1.29, 1.82) is 0 Å². The number of halogens is 4. The van der Waals surface area contributed by atoms with Gasteiger partial charge in [-0.2, -0.15) is 13.2 Å². The summed E-state index contributed by atoms with van der Waals surface area (Å²) in [5.41, 5.74) is 2.89. The molecule has 0 radical (unpaired) electrons. The van der Waals surface area contributed by atoms with Crippen molar-refractivity contribution in [3.63, 3.8) is 0 Å². The number of sulfonamides is 1. The van der Waals surface area contributed by atoms with Gasteiger partial charge in [-0.3, -0.25) is 5.43 Å². The van der Waals surface area contributed by atoms with Gasteiger partial charge in [-0.15, -0.1) is 4.83 Å². The Morgan fingerprint density at radius 1 is 1.12 bits per heavy atom. The van der Waals surface area contributed by atoms with Crippen molar-refractivity contribution in [2.24, 2.45) is 0 Å². The van der Waals surface area contributed by atoms with Crippen LogP contribution in [0, 0.1) is 13.8 Å². The highest BCUT2D eigenvalue weighted by atomic mass is 35.5. The second-order valence-electron chi connectivity index (χ2n) is 5.03. The first-order valence-corrected chi connectivity index (χ1v) is 8.44. The van der Waals surface area contributed by atoms with Crippen molar-refractivity contribution in [3.05, 3.63) is 52.2 Å². The van der Waals surface area contributed by atoms with Crippen molar-refractivity contribution < 1.29 is 21.6 Å². The minimum absolute atomic E-state index is 0.00105. The number of aromatic nitrogens is 1. The van der Waals surface area contributed by atoms with Gasteiger partial charge in [0.05, 0.1) is 15.5 Å². The molecule has 1 aromatic carbocycles. The van der Waals surface area contributed by atoms with Crippen LogP contribution in [0.4, 0.5) is 19.0 Å². The number of pyridine rings is 1. The highest BCUT2D eigenvalue weighted by molar-refractivity contribution is 7.89. The fourth-order valence-electron chi connectivity index (χ4n) is 1.74. The third-order valence-electron chi connectivity index (χ3n) is 3.26. The normalized spacial score (nSPS) is 12.2. The largest absolute Gasteiger partial charge is 0.417 e. The summed E-state index contributed by atoms with van der Waals surface area (Å²) in [5, 5.41) is -0.368. The van der Waals surface area contributed by atoms with E-state index in [4.69, 9.17) is 11.6 Å². The number of nitrogens with zero attached hydrogens (tertiary/aromatic N) is 1. The topological polar surface area (TPSA) is 71.1 Å². The fourth-order valence-corrected chi connectivity index (χ4v) is 2.88. The summed E-state index contributed by atoms with van der Waals surface area (Å²) in [7, 11) is -3.93. The van der Waals surface area contributed by atoms with Crippen LogP contribution in [-0.4, -0.2) is 13.4 Å². The molecule has 0 amide bonds. The quantitative estimate of drug-likeness (QED) is 0.795. The van der Waals surface area contributed by atoms with Crippen molar-refractivity contribution in [1.82, 2.24) is 9.82 Å². The second-order valence-corrected chi connectivity index (χ2v) is 7.12. The average Bonchev–Trinajstić information content (AvgIpc) is 2.47. The van der Waals surface area contributed by atoms with E-state index in [1.807, 2.05) is 11.8 Å². The Labute approximate surface area is 141 Å². The number of aryl methyl sites for hydroxylation is 2. The molecule has 130 valence electrons. The first-order chi connectivity index (χ1) is 11.0. The molecule has 0 unspecified atom stereocenters. The molecule has 0 saturated carbocycles. The molecule has 2 aromatic rings. The number of benzene rings is 1. The Bertz CT molecular complexity index is 870. The lowest BCUT2D eigenvalue weighted by atomic mass is 10.1. The highest BCUT2D eigenvalue weighted by Crippen LogP contribution is 2.32. The highest BCUT2D eigenvalue weighted by Gasteiger charge is 2.31. The van der Waals surface area contributed by atoms with Crippen molar-refractivity contribution in [3.8, 4) is 0 Å². The average molecular weight is 380 g/mol. The summed E-state index contributed by atoms with van der Waals surface area (Å²) in [6.45, 7) is 3.60. The van der Waals surface area contributed by atoms with E-state index in [1.54, 1.807) is 13.0 Å².